The molecule has 0 aliphatic heterocycles. The van der Waals surface area contributed by atoms with Crippen molar-refractivity contribution in [1.82, 2.24) is 4.31 Å². The van der Waals surface area contributed by atoms with Crippen LogP contribution in [0.4, 0.5) is 0 Å². The first kappa shape index (κ1) is 16.3. The molecule has 0 aromatic heterocycles. The van der Waals surface area contributed by atoms with Crippen LogP contribution in [0, 0.1) is 6.92 Å². The van der Waals surface area contributed by atoms with Crippen molar-refractivity contribution < 1.29 is 13.2 Å². The zero-order valence-corrected chi connectivity index (χ0v) is 13.9. The fourth-order valence-corrected chi connectivity index (χ4v) is 4.52. The molecule has 0 spiro atoms. The van der Waals surface area contributed by atoms with Crippen LogP contribution in [-0.4, -0.2) is 32.4 Å². The van der Waals surface area contributed by atoms with Crippen LogP contribution in [0.25, 0.3) is 0 Å². The number of aryl methyl sites for hydroxylation is 1. The highest BCUT2D eigenvalue weighted by Gasteiger charge is 2.31. The van der Waals surface area contributed by atoms with Crippen molar-refractivity contribution in [2.45, 2.75) is 56.9 Å². The number of rotatable bonds is 5. The highest BCUT2D eigenvalue weighted by Crippen LogP contribution is 2.31. The standard InChI is InChI=1S/C16H25NO3S/c1-4-20-15-11-10-13(2)12-16(15)21(18,19)17(3)14-8-6-5-7-9-14/h10-12,14H,4-9H2,1-3H3. The number of ether oxygens (including phenoxy) is 1. The van der Waals surface area contributed by atoms with E-state index in [9.17, 15) is 8.42 Å². The van der Waals surface area contributed by atoms with Crippen molar-refractivity contribution in [1.29, 1.82) is 0 Å². The Bertz CT molecular complexity index is 577. The lowest BCUT2D eigenvalue weighted by atomic mass is 9.96. The molecule has 21 heavy (non-hydrogen) atoms. The molecule has 118 valence electrons. The predicted octanol–water partition coefficient (Wildman–Crippen LogP) is 3.35. The van der Waals surface area contributed by atoms with Gasteiger partial charge in [0.15, 0.2) is 0 Å². The van der Waals surface area contributed by atoms with Gasteiger partial charge in [-0.25, -0.2) is 8.42 Å². The minimum absolute atomic E-state index is 0.110. The van der Waals surface area contributed by atoms with Crippen molar-refractivity contribution in [2.24, 2.45) is 0 Å². The molecule has 0 N–H and O–H groups in total. The molecule has 1 aromatic carbocycles. The predicted molar refractivity (Wildman–Crippen MR) is 84.2 cm³/mol. The molecule has 5 heteroatoms. The van der Waals surface area contributed by atoms with E-state index in [1.165, 1.54) is 6.42 Å². The highest BCUT2D eigenvalue weighted by molar-refractivity contribution is 7.89. The summed E-state index contributed by atoms with van der Waals surface area (Å²) in [6.45, 7) is 4.22. The number of benzene rings is 1. The molecule has 0 heterocycles. The van der Waals surface area contributed by atoms with Crippen molar-refractivity contribution >= 4 is 10.0 Å². The van der Waals surface area contributed by atoms with E-state index in [2.05, 4.69) is 0 Å². The maximum absolute atomic E-state index is 12.9. The molecule has 0 bridgehead atoms. The zero-order valence-electron chi connectivity index (χ0n) is 13.1. The van der Waals surface area contributed by atoms with Gasteiger partial charge in [-0.2, -0.15) is 4.31 Å². The minimum atomic E-state index is -3.51. The third kappa shape index (κ3) is 3.58. The van der Waals surface area contributed by atoms with Gasteiger partial charge < -0.3 is 4.74 Å². The Morgan fingerprint density at radius 3 is 2.52 bits per heavy atom. The van der Waals surface area contributed by atoms with Gasteiger partial charge in [-0.15, -0.1) is 0 Å². The minimum Gasteiger partial charge on any atom is -0.492 e. The Morgan fingerprint density at radius 1 is 1.24 bits per heavy atom. The van der Waals surface area contributed by atoms with E-state index in [-0.39, 0.29) is 10.9 Å². The molecule has 4 nitrogen and oxygen atoms in total. The maximum atomic E-state index is 12.9. The van der Waals surface area contributed by atoms with Crippen molar-refractivity contribution in [3.05, 3.63) is 23.8 Å². The maximum Gasteiger partial charge on any atom is 0.246 e. The summed E-state index contributed by atoms with van der Waals surface area (Å²) in [5.41, 5.74) is 0.925. The molecule has 2 rings (SSSR count). The molecular weight excluding hydrogens is 286 g/mol. The largest absolute Gasteiger partial charge is 0.492 e. The van der Waals surface area contributed by atoms with Gasteiger partial charge >= 0.3 is 0 Å². The summed E-state index contributed by atoms with van der Waals surface area (Å²) in [4.78, 5) is 0.289. The van der Waals surface area contributed by atoms with Crippen LogP contribution >= 0.6 is 0 Å². The second-order valence-corrected chi connectivity index (χ2v) is 7.66. The zero-order chi connectivity index (χ0) is 15.5. The molecule has 0 unspecified atom stereocenters. The first-order valence-corrected chi connectivity index (χ1v) is 9.12. The highest BCUT2D eigenvalue weighted by atomic mass is 32.2. The van der Waals surface area contributed by atoms with Gasteiger partial charge in [-0.05, 0) is 44.4 Å². The summed E-state index contributed by atoms with van der Waals surface area (Å²) in [5.74, 6) is 0.450. The number of nitrogens with zero attached hydrogens (tertiary/aromatic N) is 1. The van der Waals surface area contributed by atoms with Crippen LogP contribution in [-0.2, 0) is 10.0 Å². The SMILES string of the molecule is CCOc1ccc(C)cc1S(=O)(=O)N(C)C1CCCCC1. The summed E-state index contributed by atoms with van der Waals surface area (Å²) in [6, 6.07) is 5.45. The van der Waals surface area contributed by atoms with Gasteiger partial charge in [0.25, 0.3) is 0 Å². The summed E-state index contributed by atoms with van der Waals surface area (Å²) in [7, 11) is -1.81. The van der Waals surface area contributed by atoms with Gasteiger partial charge in [0.05, 0.1) is 6.61 Å². The van der Waals surface area contributed by atoms with Gasteiger partial charge in [0, 0.05) is 13.1 Å². The van der Waals surface area contributed by atoms with E-state index < -0.39 is 10.0 Å². The van der Waals surface area contributed by atoms with Crippen molar-refractivity contribution in [2.75, 3.05) is 13.7 Å². The lowest BCUT2D eigenvalue weighted by molar-refractivity contribution is 0.283. The van der Waals surface area contributed by atoms with E-state index in [0.29, 0.717) is 12.4 Å². The molecule has 1 fully saturated rings. The Morgan fingerprint density at radius 2 is 1.90 bits per heavy atom. The number of hydrogen-bond donors (Lipinski definition) is 0. The summed E-state index contributed by atoms with van der Waals surface area (Å²) < 4.78 is 32.9. The van der Waals surface area contributed by atoms with Crippen LogP contribution in [0.3, 0.4) is 0 Å². The van der Waals surface area contributed by atoms with Gasteiger partial charge in [-0.3, -0.25) is 0 Å². The van der Waals surface area contributed by atoms with Crippen LogP contribution in [0.15, 0.2) is 23.1 Å². The average molecular weight is 311 g/mol. The van der Waals surface area contributed by atoms with Gasteiger partial charge in [0.1, 0.15) is 10.6 Å². The van der Waals surface area contributed by atoms with Crippen LogP contribution in [0.2, 0.25) is 0 Å². The summed E-state index contributed by atoms with van der Waals surface area (Å²) >= 11 is 0. The van der Waals surface area contributed by atoms with E-state index in [1.54, 1.807) is 23.5 Å². The molecular formula is C16H25NO3S. The van der Waals surface area contributed by atoms with Crippen LogP contribution < -0.4 is 4.74 Å². The molecule has 1 aliphatic rings. The number of hydrogen-bond acceptors (Lipinski definition) is 3. The molecule has 0 radical (unpaired) electrons. The fraction of sp³-hybridized carbons (Fsp3) is 0.625. The van der Waals surface area contributed by atoms with Gasteiger partial charge in [-0.1, -0.05) is 25.3 Å². The summed E-state index contributed by atoms with van der Waals surface area (Å²) in [5, 5.41) is 0. The Hall–Kier alpha value is -1.07. The third-order valence-corrected chi connectivity index (χ3v) is 6.08. The second kappa shape index (κ2) is 6.79. The average Bonchev–Trinajstić information content (AvgIpc) is 2.49. The lowest BCUT2D eigenvalue weighted by Crippen LogP contribution is -2.38. The first-order valence-electron chi connectivity index (χ1n) is 7.68. The van der Waals surface area contributed by atoms with E-state index in [0.717, 1.165) is 31.2 Å². The third-order valence-electron chi connectivity index (χ3n) is 4.15. The normalized spacial score (nSPS) is 17.1. The van der Waals surface area contributed by atoms with Crippen LogP contribution in [0.5, 0.6) is 5.75 Å². The second-order valence-electron chi connectivity index (χ2n) is 5.70. The molecule has 1 saturated carbocycles. The molecule has 1 aromatic rings. The molecule has 0 saturated heterocycles. The molecule has 1 aliphatic carbocycles. The quantitative estimate of drug-likeness (QED) is 0.838. The van der Waals surface area contributed by atoms with Crippen molar-refractivity contribution in [3.63, 3.8) is 0 Å². The van der Waals surface area contributed by atoms with E-state index in [1.807, 2.05) is 19.9 Å². The number of sulfonamides is 1. The van der Waals surface area contributed by atoms with Crippen molar-refractivity contribution in [3.8, 4) is 5.75 Å². The molecule has 0 atom stereocenters. The fourth-order valence-electron chi connectivity index (χ4n) is 2.89. The monoisotopic (exact) mass is 311 g/mol. The van der Waals surface area contributed by atoms with Gasteiger partial charge in [0.2, 0.25) is 10.0 Å². The topological polar surface area (TPSA) is 46.6 Å². The van der Waals surface area contributed by atoms with Crippen LogP contribution in [0.1, 0.15) is 44.6 Å². The van der Waals surface area contributed by atoms with E-state index >= 15 is 0 Å². The summed E-state index contributed by atoms with van der Waals surface area (Å²) in [6.07, 6.45) is 5.32. The Balaban J connectivity index is 2.35. The van der Waals surface area contributed by atoms with E-state index in [4.69, 9.17) is 4.74 Å². The Labute approximate surface area is 128 Å². The smallest absolute Gasteiger partial charge is 0.246 e. The first-order chi connectivity index (χ1) is 9.96. The Kier molecular flexibility index (Phi) is 5.27. The molecule has 0 amide bonds. The lowest BCUT2D eigenvalue weighted by Gasteiger charge is -2.30.